The standard InChI is InChI=1S/C14H12ClNO3/c1-9(19-14(18)12-3-2-8-16-12)13(17)10-4-6-11(15)7-5-10/h2-9,16H,1H3/t9-/m0/s1. The highest BCUT2D eigenvalue weighted by Gasteiger charge is 2.20. The van der Waals surface area contributed by atoms with E-state index >= 15 is 0 Å². The lowest BCUT2D eigenvalue weighted by Crippen LogP contribution is -2.24. The molecular weight excluding hydrogens is 266 g/mol. The zero-order valence-corrected chi connectivity index (χ0v) is 11.0. The molecule has 0 spiro atoms. The molecule has 0 unspecified atom stereocenters. The summed E-state index contributed by atoms with van der Waals surface area (Å²) in [5.74, 6) is -0.823. The van der Waals surface area contributed by atoms with Gasteiger partial charge in [0, 0.05) is 16.8 Å². The molecular formula is C14H12ClNO3. The predicted molar refractivity (Wildman–Crippen MR) is 71.5 cm³/mol. The number of halogens is 1. The van der Waals surface area contributed by atoms with Crippen molar-refractivity contribution in [3.63, 3.8) is 0 Å². The van der Waals surface area contributed by atoms with Crippen LogP contribution in [0.4, 0.5) is 0 Å². The largest absolute Gasteiger partial charge is 0.450 e. The highest BCUT2D eigenvalue weighted by Crippen LogP contribution is 2.13. The second kappa shape index (κ2) is 5.71. The molecule has 5 heteroatoms. The first-order chi connectivity index (χ1) is 9.08. The van der Waals surface area contributed by atoms with Crippen molar-refractivity contribution >= 4 is 23.4 Å². The number of carbonyl (C=O) groups excluding carboxylic acids is 2. The van der Waals surface area contributed by atoms with Crippen LogP contribution in [-0.2, 0) is 4.74 Å². The third-order valence-electron chi connectivity index (χ3n) is 2.60. The maximum Gasteiger partial charge on any atom is 0.355 e. The number of H-pyrrole nitrogens is 1. The average Bonchev–Trinajstić information content (AvgIpc) is 2.92. The molecule has 0 amide bonds. The number of esters is 1. The number of aromatic amines is 1. The molecule has 2 aromatic rings. The normalized spacial score (nSPS) is 11.9. The Kier molecular flexibility index (Phi) is 4.02. The van der Waals surface area contributed by atoms with Gasteiger partial charge in [0.1, 0.15) is 5.69 Å². The van der Waals surface area contributed by atoms with Gasteiger partial charge in [-0.15, -0.1) is 0 Å². The number of Topliss-reactive ketones (excluding diaryl/α,β-unsaturated/α-hetero) is 1. The first-order valence-corrected chi connectivity index (χ1v) is 6.10. The van der Waals surface area contributed by atoms with Crippen molar-refractivity contribution in [1.82, 2.24) is 4.98 Å². The highest BCUT2D eigenvalue weighted by molar-refractivity contribution is 6.30. The van der Waals surface area contributed by atoms with Crippen molar-refractivity contribution in [1.29, 1.82) is 0 Å². The molecule has 2 rings (SSSR count). The number of carbonyl (C=O) groups is 2. The van der Waals surface area contributed by atoms with Crippen molar-refractivity contribution in [3.05, 3.63) is 58.9 Å². The number of rotatable bonds is 4. The molecule has 0 aliphatic heterocycles. The van der Waals surface area contributed by atoms with Crippen LogP contribution in [-0.4, -0.2) is 22.8 Å². The summed E-state index contributed by atoms with van der Waals surface area (Å²) in [7, 11) is 0. The van der Waals surface area contributed by atoms with Gasteiger partial charge >= 0.3 is 5.97 Å². The predicted octanol–water partition coefficient (Wildman–Crippen LogP) is 3.10. The van der Waals surface area contributed by atoms with Crippen LogP contribution in [0.5, 0.6) is 0 Å². The lowest BCUT2D eigenvalue weighted by Gasteiger charge is -2.11. The minimum atomic E-state index is -0.850. The maximum absolute atomic E-state index is 12.0. The van der Waals surface area contributed by atoms with Crippen LogP contribution in [0.2, 0.25) is 5.02 Å². The number of nitrogens with one attached hydrogen (secondary N) is 1. The molecule has 1 atom stereocenters. The number of hydrogen-bond acceptors (Lipinski definition) is 3. The third-order valence-corrected chi connectivity index (χ3v) is 2.85. The fourth-order valence-electron chi connectivity index (χ4n) is 1.58. The SMILES string of the molecule is C[C@H](OC(=O)c1ccc[nH]1)C(=O)c1ccc(Cl)cc1. The van der Waals surface area contributed by atoms with E-state index in [4.69, 9.17) is 16.3 Å². The van der Waals surface area contributed by atoms with Gasteiger partial charge in [-0.25, -0.2) is 4.79 Å². The van der Waals surface area contributed by atoms with Crippen molar-refractivity contribution in [2.45, 2.75) is 13.0 Å². The van der Waals surface area contributed by atoms with Crippen LogP contribution < -0.4 is 0 Å². The Morgan fingerprint density at radius 1 is 1.21 bits per heavy atom. The lowest BCUT2D eigenvalue weighted by molar-refractivity contribution is 0.0314. The maximum atomic E-state index is 12.0. The molecule has 1 aromatic heterocycles. The fourth-order valence-corrected chi connectivity index (χ4v) is 1.71. The van der Waals surface area contributed by atoms with Gasteiger partial charge in [-0.05, 0) is 43.3 Å². The van der Waals surface area contributed by atoms with E-state index in [0.717, 1.165) is 0 Å². The van der Waals surface area contributed by atoms with E-state index in [0.29, 0.717) is 16.3 Å². The molecule has 98 valence electrons. The lowest BCUT2D eigenvalue weighted by atomic mass is 10.1. The molecule has 0 aliphatic rings. The summed E-state index contributed by atoms with van der Waals surface area (Å²) >= 11 is 5.75. The van der Waals surface area contributed by atoms with Gasteiger partial charge < -0.3 is 9.72 Å². The molecule has 1 aromatic carbocycles. The Bertz CT molecular complexity index is 575. The molecule has 0 fully saturated rings. The van der Waals surface area contributed by atoms with Crippen LogP contribution in [0.25, 0.3) is 0 Å². The number of benzene rings is 1. The van der Waals surface area contributed by atoms with Gasteiger partial charge in [0.05, 0.1) is 0 Å². The number of ketones is 1. The average molecular weight is 278 g/mol. The van der Waals surface area contributed by atoms with Crippen LogP contribution in [0.15, 0.2) is 42.6 Å². The van der Waals surface area contributed by atoms with Crippen LogP contribution in [0, 0.1) is 0 Å². The molecule has 1 heterocycles. The summed E-state index contributed by atoms with van der Waals surface area (Å²) in [5.41, 5.74) is 0.770. The minimum absolute atomic E-state index is 0.267. The van der Waals surface area contributed by atoms with Crippen molar-refractivity contribution in [2.24, 2.45) is 0 Å². The highest BCUT2D eigenvalue weighted by atomic mass is 35.5. The molecule has 1 N–H and O–H groups in total. The summed E-state index contributed by atoms with van der Waals surface area (Å²) in [4.78, 5) is 26.4. The molecule has 19 heavy (non-hydrogen) atoms. The quantitative estimate of drug-likeness (QED) is 0.690. The number of aromatic nitrogens is 1. The monoisotopic (exact) mass is 277 g/mol. The van der Waals surface area contributed by atoms with E-state index < -0.39 is 12.1 Å². The van der Waals surface area contributed by atoms with E-state index in [-0.39, 0.29) is 5.78 Å². The van der Waals surface area contributed by atoms with E-state index in [2.05, 4.69) is 4.98 Å². The summed E-state index contributed by atoms with van der Waals surface area (Å²) < 4.78 is 5.09. The minimum Gasteiger partial charge on any atom is -0.450 e. The van der Waals surface area contributed by atoms with Crippen molar-refractivity contribution in [3.8, 4) is 0 Å². The summed E-state index contributed by atoms with van der Waals surface area (Å²) in [6.45, 7) is 1.54. The Hall–Kier alpha value is -2.07. The number of ether oxygens (including phenoxy) is 1. The molecule has 0 aliphatic carbocycles. The molecule has 0 saturated carbocycles. The molecule has 4 nitrogen and oxygen atoms in total. The van der Waals surface area contributed by atoms with Crippen molar-refractivity contribution in [2.75, 3.05) is 0 Å². The Labute approximate surface area is 115 Å². The Morgan fingerprint density at radius 3 is 2.47 bits per heavy atom. The second-order valence-electron chi connectivity index (χ2n) is 4.00. The van der Waals surface area contributed by atoms with Gasteiger partial charge in [-0.2, -0.15) is 0 Å². The molecule has 0 saturated heterocycles. The summed E-state index contributed by atoms with van der Waals surface area (Å²) in [6, 6.07) is 9.71. The Morgan fingerprint density at radius 2 is 1.89 bits per heavy atom. The van der Waals surface area contributed by atoms with E-state index in [1.165, 1.54) is 6.92 Å². The van der Waals surface area contributed by atoms with Gasteiger partial charge in [-0.1, -0.05) is 11.6 Å². The van der Waals surface area contributed by atoms with Crippen LogP contribution in [0.1, 0.15) is 27.8 Å². The van der Waals surface area contributed by atoms with Crippen molar-refractivity contribution < 1.29 is 14.3 Å². The Balaban J connectivity index is 2.03. The van der Waals surface area contributed by atoms with Gasteiger partial charge in [0.25, 0.3) is 0 Å². The smallest absolute Gasteiger partial charge is 0.355 e. The summed E-state index contributed by atoms with van der Waals surface area (Å²) in [5, 5.41) is 0.549. The zero-order chi connectivity index (χ0) is 13.8. The zero-order valence-electron chi connectivity index (χ0n) is 10.2. The molecule has 0 bridgehead atoms. The third kappa shape index (κ3) is 3.23. The topological polar surface area (TPSA) is 59.2 Å². The van der Waals surface area contributed by atoms with Gasteiger partial charge in [-0.3, -0.25) is 4.79 Å². The first kappa shape index (κ1) is 13.4. The second-order valence-corrected chi connectivity index (χ2v) is 4.44. The van der Waals surface area contributed by atoms with Gasteiger partial charge in [0.15, 0.2) is 6.10 Å². The number of hydrogen-bond donors (Lipinski definition) is 1. The first-order valence-electron chi connectivity index (χ1n) is 5.72. The fraction of sp³-hybridized carbons (Fsp3) is 0.143. The van der Waals surface area contributed by atoms with Gasteiger partial charge in [0.2, 0.25) is 5.78 Å². The van der Waals surface area contributed by atoms with E-state index in [9.17, 15) is 9.59 Å². The van der Waals surface area contributed by atoms with E-state index in [1.54, 1.807) is 42.6 Å². The van der Waals surface area contributed by atoms with Crippen LogP contribution in [0.3, 0.4) is 0 Å². The van der Waals surface area contributed by atoms with E-state index in [1.807, 2.05) is 0 Å². The van der Waals surface area contributed by atoms with Crippen LogP contribution >= 0.6 is 11.6 Å². The molecule has 0 radical (unpaired) electrons. The summed E-state index contributed by atoms with van der Waals surface area (Å²) in [6.07, 6.45) is 0.763.